The fourth-order valence-electron chi connectivity index (χ4n) is 2.18. The maximum Gasteiger partial charge on any atom is 0.314 e. The summed E-state index contributed by atoms with van der Waals surface area (Å²) in [6, 6.07) is 7.84. The van der Waals surface area contributed by atoms with Gasteiger partial charge < -0.3 is 15.3 Å². The van der Waals surface area contributed by atoms with Crippen molar-refractivity contribution in [2.45, 2.75) is 6.54 Å². The third-order valence-electron chi connectivity index (χ3n) is 3.23. The predicted octanol–water partition coefficient (Wildman–Crippen LogP) is 1.71. The van der Waals surface area contributed by atoms with Crippen molar-refractivity contribution in [1.29, 1.82) is 0 Å². The van der Waals surface area contributed by atoms with E-state index < -0.39 is 16.0 Å². The van der Waals surface area contributed by atoms with Crippen molar-refractivity contribution < 1.29 is 4.92 Å². The summed E-state index contributed by atoms with van der Waals surface area (Å²) in [7, 11) is 0. The number of nitro benzene ring substituents is 1. The molecule has 0 bridgehead atoms. The number of anilines is 1. The first-order valence-electron chi connectivity index (χ1n) is 6.63. The van der Waals surface area contributed by atoms with E-state index in [0.717, 1.165) is 0 Å². The number of fused-ring (bicyclic) bond motifs is 1. The molecule has 3 rings (SSSR count). The first-order valence-corrected chi connectivity index (χ1v) is 6.63. The van der Waals surface area contributed by atoms with Gasteiger partial charge in [0.05, 0.1) is 16.0 Å². The minimum atomic E-state index is -0.860. The molecular formula is C14H12BrN5O4. The van der Waals surface area contributed by atoms with E-state index in [0.29, 0.717) is 16.9 Å². The summed E-state index contributed by atoms with van der Waals surface area (Å²) in [4.78, 5) is 42.3. The molecule has 0 unspecified atom stereocenters. The van der Waals surface area contributed by atoms with E-state index >= 15 is 0 Å². The molecule has 0 saturated heterocycles. The van der Waals surface area contributed by atoms with Crippen molar-refractivity contribution in [2.75, 3.05) is 5.32 Å². The Bertz CT molecular complexity index is 999. The number of hydrogen-bond acceptors (Lipinski definition) is 6. The van der Waals surface area contributed by atoms with Gasteiger partial charge in [0.25, 0.3) is 5.69 Å². The van der Waals surface area contributed by atoms with E-state index in [9.17, 15) is 19.7 Å². The van der Waals surface area contributed by atoms with Crippen LogP contribution in [0.5, 0.6) is 0 Å². The van der Waals surface area contributed by atoms with Crippen molar-refractivity contribution in [3.8, 4) is 0 Å². The number of non-ortho nitro benzene ring substituents is 1. The maximum atomic E-state index is 11.5. The van der Waals surface area contributed by atoms with Gasteiger partial charge in [-0.2, -0.15) is 0 Å². The van der Waals surface area contributed by atoms with Crippen LogP contribution in [0.2, 0.25) is 0 Å². The Hall–Kier alpha value is -3.01. The van der Waals surface area contributed by atoms with Crippen LogP contribution in [0.25, 0.3) is 11.0 Å². The second-order valence-corrected chi connectivity index (χ2v) is 4.76. The summed E-state index contributed by atoms with van der Waals surface area (Å²) in [5, 5.41) is 14.0. The predicted molar refractivity (Wildman–Crippen MR) is 93.7 cm³/mol. The Labute approximate surface area is 144 Å². The topological polar surface area (TPSA) is 134 Å². The number of rotatable bonds is 4. The maximum absolute atomic E-state index is 11.5. The summed E-state index contributed by atoms with van der Waals surface area (Å²) in [6.45, 7) is 0.192. The second kappa shape index (κ2) is 7.04. The Kier molecular flexibility index (Phi) is 5.09. The highest BCUT2D eigenvalue weighted by Crippen LogP contribution is 2.22. The van der Waals surface area contributed by atoms with Gasteiger partial charge >= 0.3 is 11.1 Å². The van der Waals surface area contributed by atoms with Crippen LogP contribution in [0.3, 0.4) is 0 Å². The van der Waals surface area contributed by atoms with Gasteiger partial charge in [-0.15, -0.1) is 17.0 Å². The number of aromatic nitrogens is 3. The van der Waals surface area contributed by atoms with Crippen molar-refractivity contribution >= 4 is 39.5 Å². The molecule has 9 nitrogen and oxygen atoms in total. The van der Waals surface area contributed by atoms with E-state index in [-0.39, 0.29) is 34.7 Å². The minimum absolute atomic E-state index is 0. The summed E-state index contributed by atoms with van der Waals surface area (Å²) in [5.74, 6) is 0.582. The van der Waals surface area contributed by atoms with E-state index in [1.54, 1.807) is 24.4 Å². The zero-order valence-electron chi connectivity index (χ0n) is 12.1. The highest BCUT2D eigenvalue weighted by atomic mass is 79.9. The lowest BCUT2D eigenvalue weighted by molar-refractivity contribution is -0.384. The molecule has 124 valence electrons. The summed E-state index contributed by atoms with van der Waals surface area (Å²) >= 11 is 0. The monoisotopic (exact) mass is 393 g/mol. The van der Waals surface area contributed by atoms with Crippen molar-refractivity contribution in [3.63, 3.8) is 0 Å². The standard InChI is InChI=1S/C14H11N5O4.BrH/c20-13-14(21)18-12-8(7-16-11-3-1-2-4-15-11)5-9(19(22)23)6-10(12)17-13;/h1-6H,7H2,(H,15,16)(H,17,20)(H,18,21);1H. The first kappa shape index (κ1) is 17.3. The first-order chi connectivity index (χ1) is 11.0. The van der Waals surface area contributed by atoms with Crippen LogP contribution < -0.4 is 16.4 Å². The van der Waals surface area contributed by atoms with Crippen molar-refractivity contribution in [3.05, 3.63) is 72.9 Å². The van der Waals surface area contributed by atoms with Gasteiger partial charge in [0.15, 0.2) is 0 Å². The molecular weight excluding hydrogens is 382 g/mol. The summed E-state index contributed by atoms with van der Waals surface area (Å²) < 4.78 is 0. The molecule has 0 aliphatic heterocycles. The molecule has 0 saturated carbocycles. The molecule has 0 amide bonds. The van der Waals surface area contributed by atoms with Gasteiger partial charge in [-0.3, -0.25) is 19.7 Å². The highest BCUT2D eigenvalue weighted by molar-refractivity contribution is 8.93. The Balaban J connectivity index is 0.00000208. The number of nitrogens with zero attached hydrogens (tertiary/aromatic N) is 2. The number of hydrogen-bond donors (Lipinski definition) is 3. The SMILES string of the molecule is Br.O=c1[nH]c2cc([N+](=O)[O-])cc(CNc3ccccn3)c2[nH]c1=O. The van der Waals surface area contributed by atoms with Crippen LogP contribution in [-0.4, -0.2) is 19.9 Å². The number of nitro groups is 1. The van der Waals surface area contributed by atoms with E-state index in [1.807, 2.05) is 0 Å². The fraction of sp³-hybridized carbons (Fsp3) is 0.0714. The van der Waals surface area contributed by atoms with Crippen LogP contribution in [0, 0.1) is 10.1 Å². The molecule has 10 heteroatoms. The van der Waals surface area contributed by atoms with Gasteiger partial charge in [0.2, 0.25) is 0 Å². The molecule has 3 N–H and O–H groups in total. The number of aromatic amines is 2. The van der Waals surface area contributed by atoms with E-state index in [2.05, 4.69) is 20.3 Å². The molecule has 3 aromatic rings. The lowest BCUT2D eigenvalue weighted by atomic mass is 10.1. The summed E-state index contributed by atoms with van der Waals surface area (Å²) in [6.07, 6.45) is 1.60. The molecule has 0 fully saturated rings. The van der Waals surface area contributed by atoms with Crippen LogP contribution in [0.15, 0.2) is 46.1 Å². The van der Waals surface area contributed by atoms with Crippen molar-refractivity contribution in [2.24, 2.45) is 0 Å². The van der Waals surface area contributed by atoms with Gasteiger partial charge in [-0.25, -0.2) is 4.98 Å². The van der Waals surface area contributed by atoms with E-state index in [4.69, 9.17) is 0 Å². The van der Waals surface area contributed by atoms with Gasteiger partial charge in [0.1, 0.15) is 5.82 Å². The molecule has 0 aliphatic carbocycles. The Morgan fingerprint density at radius 2 is 1.92 bits per heavy atom. The molecule has 1 aromatic carbocycles. The molecule has 2 aromatic heterocycles. The number of benzene rings is 1. The third kappa shape index (κ3) is 3.49. The zero-order chi connectivity index (χ0) is 16.4. The fourth-order valence-corrected chi connectivity index (χ4v) is 2.18. The quantitative estimate of drug-likeness (QED) is 0.350. The molecule has 0 aliphatic rings. The molecule has 0 radical (unpaired) electrons. The summed E-state index contributed by atoms with van der Waals surface area (Å²) in [5.41, 5.74) is -0.858. The average molecular weight is 394 g/mol. The van der Waals surface area contributed by atoms with Crippen LogP contribution >= 0.6 is 17.0 Å². The number of halogens is 1. The normalized spacial score (nSPS) is 10.2. The van der Waals surface area contributed by atoms with Gasteiger partial charge in [-0.1, -0.05) is 6.07 Å². The van der Waals surface area contributed by atoms with Gasteiger partial charge in [0, 0.05) is 30.4 Å². The van der Waals surface area contributed by atoms with Gasteiger partial charge in [-0.05, 0) is 12.1 Å². The van der Waals surface area contributed by atoms with Crippen LogP contribution in [-0.2, 0) is 6.54 Å². The van der Waals surface area contributed by atoms with Crippen LogP contribution in [0.1, 0.15) is 5.56 Å². The number of pyridine rings is 1. The lowest BCUT2D eigenvalue weighted by Crippen LogP contribution is -2.29. The van der Waals surface area contributed by atoms with Crippen molar-refractivity contribution in [1.82, 2.24) is 15.0 Å². The Morgan fingerprint density at radius 1 is 1.17 bits per heavy atom. The minimum Gasteiger partial charge on any atom is -0.366 e. The largest absolute Gasteiger partial charge is 0.366 e. The molecule has 2 heterocycles. The molecule has 24 heavy (non-hydrogen) atoms. The molecule has 0 spiro atoms. The zero-order valence-corrected chi connectivity index (χ0v) is 13.8. The average Bonchev–Trinajstić information content (AvgIpc) is 2.54. The van der Waals surface area contributed by atoms with Crippen LogP contribution in [0.4, 0.5) is 11.5 Å². The second-order valence-electron chi connectivity index (χ2n) is 4.76. The number of nitrogens with one attached hydrogen (secondary N) is 3. The molecule has 0 atom stereocenters. The smallest absolute Gasteiger partial charge is 0.314 e. The van der Waals surface area contributed by atoms with E-state index in [1.165, 1.54) is 12.1 Å². The Morgan fingerprint density at radius 3 is 2.58 bits per heavy atom. The number of H-pyrrole nitrogens is 2. The third-order valence-corrected chi connectivity index (χ3v) is 3.23. The highest BCUT2D eigenvalue weighted by Gasteiger charge is 2.13. The lowest BCUT2D eigenvalue weighted by Gasteiger charge is -2.08.